The van der Waals surface area contributed by atoms with E-state index in [4.69, 9.17) is 0 Å². The Labute approximate surface area is 59.7 Å². The molecule has 59 valence electrons. The molecule has 0 spiro atoms. The second kappa shape index (κ2) is 2.48. The number of rotatable bonds is 0. The second-order valence-corrected chi connectivity index (χ2v) is 1.79. The summed E-state index contributed by atoms with van der Waals surface area (Å²) in [6.07, 6.45) is -2.29. The van der Waals surface area contributed by atoms with E-state index in [-0.39, 0.29) is 0 Å². The zero-order chi connectivity index (χ0) is 8.48. The van der Waals surface area contributed by atoms with Crippen molar-refractivity contribution in [2.45, 2.75) is 6.18 Å². The van der Waals surface area contributed by atoms with Gasteiger partial charge in [-0.1, -0.05) is 0 Å². The molecule has 1 nitrogen and oxygen atoms in total. The summed E-state index contributed by atoms with van der Waals surface area (Å²) in [6.45, 7) is 0. The third-order valence-corrected chi connectivity index (χ3v) is 1.02. The SMILES string of the molecule is Fc1cn[c]cc1C(F)(F)F. The van der Waals surface area contributed by atoms with E-state index in [9.17, 15) is 17.6 Å². The summed E-state index contributed by atoms with van der Waals surface area (Å²) in [4.78, 5) is 3.06. The quantitative estimate of drug-likeness (QED) is 0.534. The Kier molecular flexibility index (Phi) is 1.80. The number of nitrogens with zero attached hydrogens (tertiary/aromatic N) is 1. The number of alkyl halides is 3. The minimum Gasteiger partial charge on any atom is -0.252 e. The minimum absolute atomic E-state index is 0.468. The lowest BCUT2D eigenvalue weighted by Crippen LogP contribution is -2.07. The number of pyridine rings is 1. The molecular weight excluding hydrogens is 162 g/mol. The Bertz CT molecular complexity index is 255. The molecule has 0 unspecified atom stereocenters. The third-order valence-electron chi connectivity index (χ3n) is 1.02. The lowest BCUT2D eigenvalue weighted by atomic mass is 10.2. The van der Waals surface area contributed by atoms with Crippen LogP contribution in [0.4, 0.5) is 17.6 Å². The van der Waals surface area contributed by atoms with E-state index in [1.165, 1.54) is 0 Å². The highest BCUT2D eigenvalue weighted by Gasteiger charge is 2.33. The van der Waals surface area contributed by atoms with Crippen LogP contribution in [0.25, 0.3) is 0 Å². The number of hydrogen-bond acceptors (Lipinski definition) is 1. The molecule has 0 saturated carbocycles. The van der Waals surface area contributed by atoms with Gasteiger partial charge in [-0.15, -0.1) is 0 Å². The highest BCUT2D eigenvalue weighted by atomic mass is 19.4. The molecule has 0 aliphatic rings. The van der Waals surface area contributed by atoms with Crippen molar-refractivity contribution in [3.05, 3.63) is 29.8 Å². The van der Waals surface area contributed by atoms with Crippen molar-refractivity contribution in [1.29, 1.82) is 0 Å². The number of aromatic nitrogens is 1. The van der Waals surface area contributed by atoms with Gasteiger partial charge in [-0.05, 0) is 6.07 Å². The molecule has 1 aromatic heterocycles. The van der Waals surface area contributed by atoms with Crippen LogP contribution >= 0.6 is 0 Å². The van der Waals surface area contributed by atoms with Gasteiger partial charge in [0.25, 0.3) is 0 Å². The molecule has 0 N–H and O–H groups in total. The van der Waals surface area contributed by atoms with Crippen LogP contribution in [0.3, 0.4) is 0 Å². The largest absolute Gasteiger partial charge is 0.419 e. The topological polar surface area (TPSA) is 12.9 Å². The van der Waals surface area contributed by atoms with E-state index < -0.39 is 17.6 Å². The van der Waals surface area contributed by atoms with E-state index in [1.54, 1.807) is 0 Å². The standard InChI is InChI=1S/C6H2F4N/c7-5-3-11-2-1-4(5)6(8,9)10/h1,3H. The van der Waals surface area contributed by atoms with Crippen LogP contribution in [0.15, 0.2) is 12.3 Å². The summed E-state index contributed by atoms with van der Waals surface area (Å²) in [5, 5.41) is 0. The minimum atomic E-state index is -4.66. The van der Waals surface area contributed by atoms with Gasteiger partial charge in [0.2, 0.25) is 0 Å². The van der Waals surface area contributed by atoms with E-state index in [1.807, 2.05) is 6.20 Å². The zero-order valence-corrected chi connectivity index (χ0v) is 5.11. The van der Waals surface area contributed by atoms with E-state index >= 15 is 0 Å². The Morgan fingerprint density at radius 1 is 1.36 bits per heavy atom. The van der Waals surface area contributed by atoms with Crippen LogP contribution < -0.4 is 0 Å². The first-order valence-electron chi connectivity index (χ1n) is 2.60. The molecule has 0 saturated heterocycles. The molecule has 0 atom stereocenters. The first kappa shape index (κ1) is 7.97. The average molecular weight is 164 g/mol. The summed E-state index contributed by atoms with van der Waals surface area (Å²) in [7, 11) is 0. The zero-order valence-electron chi connectivity index (χ0n) is 5.11. The normalized spacial score (nSPS) is 11.6. The van der Waals surface area contributed by atoms with Gasteiger partial charge >= 0.3 is 6.18 Å². The Morgan fingerprint density at radius 2 is 2.00 bits per heavy atom. The molecule has 1 heterocycles. The highest BCUT2D eigenvalue weighted by molar-refractivity contribution is 5.15. The fourth-order valence-corrected chi connectivity index (χ4v) is 0.551. The number of halogens is 4. The summed E-state index contributed by atoms with van der Waals surface area (Å²) in [5.74, 6) is -1.38. The van der Waals surface area contributed by atoms with Gasteiger partial charge in [-0.2, -0.15) is 13.2 Å². The molecule has 0 amide bonds. The molecule has 11 heavy (non-hydrogen) atoms. The highest BCUT2D eigenvalue weighted by Crippen LogP contribution is 2.30. The average Bonchev–Trinajstić information content (AvgIpc) is 1.86. The molecule has 0 aromatic carbocycles. The van der Waals surface area contributed by atoms with Gasteiger partial charge in [0.05, 0.1) is 18.0 Å². The molecule has 1 aromatic rings. The van der Waals surface area contributed by atoms with Crippen LogP contribution in [0.2, 0.25) is 0 Å². The molecule has 1 radical (unpaired) electrons. The first-order valence-corrected chi connectivity index (χ1v) is 2.60. The summed E-state index contributed by atoms with van der Waals surface area (Å²) in [5.41, 5.74) is -1.34. The summed E-state index contributed by atoms with van der Waals surface area (Å²) in [6, 6.07) is 0.468. The van der Waals surface area contributed by atoms with Crippen LogP contribution in [0.1, 0.15) is 5.56 Å². The van der Waals surface area contributed by atoms with Gasteiger partial charge in [0.1, 0.15) is 0 Å². The van der Waals surface area contributed by atoms with Crippen LogP contribution in [0, 0.1) is 12.0 Å². The smallest absolute Gasteiger partial charge is 0.252 e. The van der Waals surface area contributed by atoms with Gasteiger partial charge in [0.15, 0.2) is 5.82 Å². The molecule has 5 heteroatoms. The van der Waals surface area contributed by atoms with Crippen molar-refractivity contribution in [1.82, 2.24) is 4.98 Å². The summed E-state index contributed by atoms with van der Waals surface area (Å²) < 4.78 is 47.6. The lowest BCUT2D eigenvalue weighted by molar-refractivity contribution is -0.140. The van der Waals surface area contributed by atoms with Crippen LogP contribution in [-0.4, -0.2) is 4.98 Å². The Balaban J connectivity index is 3.14. The van der Waals surface area contributed by atoms with Crippen LogP contribution in [0.5, 0.6) is 0 Å². The van der Waals surface area contributed by atoms with Gasteiger partial charge in [-0.25, -0.2) is 4.39 Å². The van der Waals surface area contributed by atoms with Crippen molar-refractivity contribution < 1.29 is 17.6 Å². The fourth-order valence-electron chi connectivity index (χ4n) is 0.551. The van der Waals surface area contributed by atoms with Crippen molar-refractivity contribution in [3.63, 3.8) is 0 Å². The summed E-state index contributed by atoms with van der Waals surface area (Å²) >= 11 is 0. The molecule has 0 fully saturated rings. The van der Waals surface area contributed by atoms with Crippen molar-refractivity contribution >= 4 is 0 Å². The second-order valence-electron chi connectivity index (χ2n) is 1.79. The first-order chi connectivity index (χ1) is 5.02. The number of hydrogen-bond donors (Lipinski definition) is 0. The van der Waals surface area contributed by atoms with Crippen molar-refractivity contribution in [2.24, 2.45) is 0 Å². The predicted octanol–water partition coefficient (Wildman–Crippen LogP) is 2.04. The third kappa shape index (κ3) is 1.66. The van der Waals surface area contributed by atoms with Gasteiger partial charge < -0.3 is 0 Å². The van der Waals surface area contributed by atoms with Crippen molar-refractivity contribution in [3.8, 4) is 0 Å². The fraction of sp³-hybridized carbons (Fsp3) is 0.167. The monoisotopic (exact) mass is 164 g/mol. The van der Waals surface area contributed by atoms with Gasteiger partial charge in [-0.3, -0.25) is 4.98 Å². The Morgan fingerprint density at radius 3 is 2.36 bits per heavy atom. The molecule has 1 rings (SSSR count). The molecule has 0 bridgehead atoms. The van der Waals surface area contributed by atoms with E-state index in [2.05, 4.69) is 4.98 Å². The van der Waals surface area contributed by atoms with Crippen molar-refractivity contribution in [2.75, 3.05) is 0 Å². The molecule has 0 aliphatic heterocycles. The van der Waals surface area contributed by atoms with Crippen LogP contribution in [-0.2, 0) is 6.18 Å². The maximum absolute atomic E-state index is 12.3. The Hall–Kier alpha value is -1.13. The van der Waals surface area contributed by atoms with Gasteiger partial charge in [0, 0.05) is 0 Å². The maximum Gasteiger partial charge on any atom is 0.419 e. The molecular formula is C6H2F4N. The predicted molar refractivity (Wildman–Crippen MR) is 28.0 cm³/mol. The van der Waals surface area contributed by atoms with E-state index in [0.717, 1.165) is 0 Å². The maximum atomic E-state index is 12.3. The molecule has 0 aliphatic carbocycles. The van der Waals surface area contributed by atoms with E-state index in [0.29, 0.717) is 12.3 Å². The lowest BCUT2D eigenvalue weighted by Gasteiger charge is -2.05.